The van der Waals surface area contributed by atoms with Gasteiger partial charge in [-0.15, -0.1) is 0 Å². The van der Waals surface area contributed by atoms with Gasteiger partial charge in [-0.25, -0.2) is 0 Å². The summed E-state index contributed by atoms with van der Waals surface area (Å²) in [6.07, 6.45) is 1.74. The fraction of sp³-hybridized carbons (Fsp3) is 0.500. The van der Waals surface area contributed by atoms with Gasteiger partial charge in [0.15, 0.2) is 0 Å². The van der Waals surface area contributed by atoms with Gasteiger partial charge in [0.25, 0.3) is 0 Å². The monoisotopic (exact) mass is 217 g/mol. The van der Waals surface area contributed by atoms with Crippen molar-refractivity contribution < 1.29 is 5.11 Å². The predicted molar refractivity (Wildman–Crippen MR) is 64.8 cm³/mol. The maximum atomic E-state index is 10.3. The van der Waals surface area contributed by atoms with Gasteiger partial charge in [-0.2, -0.15) is 5.26 Å². The van der Waals surface area contributed by atoms with E-state index in [1.54, 1.807) is 12.1 Å². The molecular weight excluding hydrogens is 198 g/mol. The Labute approximate surface area is 97.5 Å². The minimum atomic E-state index is -0.793. The van der Waals surface area contributed by atoms with Crippen LogP contribution < -0.4 is 0 Å². The first-order valence-corrected chi connectivity index (χ1v) is 5.69. The molecule has 0 bridgehead atoms. The summed E-state index contributed by atoms with van der Waals surface area (Å²) >= 11 is 0. The molecule has 0 aliphatic heterocycles. The number of hydrogen-bond donors (Lipinski definition) is 1. The summed E-state index contributed by atoms with van der Waals surface area (Å²) in [5, 5.41) is 19.0. The molecule has 0 radical (unpaired) electrons. The number of rotatable bonds is 4. The quantitative estimate of drug-likeness (QED) is 0.841. The van der Waals surface area contributed by atoms with Crippen molar-refractivity contribution in [1.82, 2.24) is 0 Å². The van der Waals surface area contributed by atoms with Gasteiger partial charge < -0.3 is 5.11 Å². The van der Waals surface area contributed by atoms with Gasteiger partial charge >= 0.3 is 0 Å². The summed E-state index contributed by atoms with van der Waals surface area (Å²) in [7, 11) is 0. The van der Waals surface area contributed by atoms with Crippen LogP contribution in [0.4, 0.5) is 0 Å². The average Bonchev–Trinajstić information content (AvgIpc) is 2.27. The lowest BCUT2D eigenvalue weighted by molar-refractivity contribution is 0.0420. The summed E-state index contributed by atoms with van der Waals surface area (Å²) in [6, 6.07) is 9.24. The molecule has 0 aromatic heterocycles. The molecule has 1 unspecified atom stereocenters. The van der Waals surface area contributed by atoms with E-state index in [0.717, 1.165) is 18.4 Å². The Morgan fingerprint density at radius 3 is 2.31 bits per heavy atom. The van der Waals surface area contributed by atoms with Crippen molar-refractivity contribution in [2.45, 2.75) is 39.2 Å². The van der Waals surface area contributed by atoms with Crippen molar-refractivity contribution in [3.63, 3.8) is 0 Å². The Balaban J connectivity index is 2.77. The molecule has 0 heterocycles. The van der Waals surface area contributed by atoms with Crippen LogP contribution in [0, 0.1) is 17.2 Å². The van der Waals surface area contributed by atoms with Crippen LogP contribution in [0.3, 0.4) is 0 Å². The highest BCUT2D eigenvalue weighted by molar-refractivity contribution is 5.33. The molecule has 2 nitrogen and oxygen atoms in total. The second-order valence-corrected chi connectivity index (χ2v) is 4.90. The molecule has 0 amide bonds. The van der Waals surface area contributed by atoms with E-state index in [1.807, 2.05) is 19.1 Å². The zero-order valence-corrected chi connectivity index (χ0v) is 10.2. The number of aliphatic hydroxyl groups is 1. The molecule has 1 aromatic carbocycles. The van der Waals surface area contributed by atoms with E-state index in [4.69, 9.17) is 5.26 Å². The van der Waals surface area contributed by atoms with Gasteiger partial charge in [-0.1, -0.05) is 26.0 Å². The number of nitrogens with zero attached hydrogens (tertiary/aromatic N) is 1. The van der Waals surface area contributed by atoms with Crippen molar-refractivity contribution >= 4 is 0 Å². The summed E-state index contributed by atoms with van der Waals surface area (Å²) in [6.45, 7) is 6.13. The molecule has 0 aliphatic carbocycles. The molecule has 0 saturated carbocycles. The van der Waals surface area contributed by atoms with E-state index in [2.05, 4.69) is 19.9 Å². The SMILES string of the molecule is CC(C)CCC(C)(O)c1ccc(C#N)cc1. The fourth-order valence-electron chi connectivity index (χ4n) is 1.62. The van der Waals surface area contributed by atoms with Crippen molar-refractivity contribution in [1.29, 1.82) is 5.26 Å². The van der Waals surface area contributed by atoms with Crippen LogP contribution in [-0.4, -0.2) is 5.11 Å². The molecule has 0 aliphatic rings. The lowest BCUT2D eigenvalue weighted by Crippen LogP contribution is -2.21. The third-order valence-electron chi connectivity index (χ3n) is 2.84. The predicted octanol–water partition coefficient (Wildman–Crippen LogP) is 3.20. The molecule has 1 N–H and O–H groups in total. The maximum absolute atomic E-state index is 10.3. The van der Waals surface area contributed by atoms with Crippen molar-refractivity contribution in [3.05, 3.63) is 35.4 Å². The summed E-state index contributed by atoms with van der Waals surface area (Å²) < 4.78 is 0. The highest BCUT2D eigenvalue weighted by Gasteiger charge is 2.22. The number of benzene rings is 1. The van der Waals surface area contributed by atoms with Crippen molar-refractivity contribution in [2.75, 3.05) is 0 Å². The lowest BCUT2D eigenvalue weighted by atomic mass is 9.88. The first-order valence-electron chi connectivity index (χ1n) is 5.69. The average molecular weight is 217 g/mol. The fourth-order valence-corrected chi connectivity index (χ4v) is 1.62. The maximum Gasteiger partial charge on any atom is 0.0991 e. The van der Waals surface area contributed by atoms with E-state index in [-0.39, 0.29) is 0 Å². The smallest absolute Gasteiger partial charge is 0.0991 e. The van der Waals surface area contributed by atoms with Gasteiger partial charge in [0, 0.05) is 0 Å². The van der Waals surface area contributed by atoms with E-state index in [9.17, 15) is 5.11 Å². The van der Waals surface area contributed by atoms with Crippen molar-refractivity contribution in [3.8, 4) is 6.07 Å². The minimum absolute atomic E-state index is 0.588. The third kappa shape index (κ3) is 3.36. The van der Waals surface area contributed by atoms with Crippen LogP contribution in [0.1, 0.15) is 44.7 Å². The van der Waals surface area contributed by atoms with Crippen LogP contribution in [0.25, 0.3) is 0 Å². The Morgan fingerprint density at radius 1 is 1.31 bits per heavy atom. The molecule has 0 fully saturated rings. The Bertz CT molecular complexity index is 371. The first-order chi connectivity index (χ1) is 7.45. The lowest BCUT2D eigenvalue weighted by Gasteiger charge is -2.24. The van der Waals surface area contributed by atoms with Crippen LogP contribution in [0.5, 0.6) is 0 Å². The van der Waals surface area contributed by atoms with E-state index in [1.165, 1.54) is 0 Å². The second kappa shape index (κ2) is 5.14. The number of hydrogen-bond acceptors (Lipinski definition) is 2. The van der Waals surface area contributed by atoms with E-state index in [0.29, 0.717) is 11.5 Å². The van der Waals surface area contributed by atoms with Gasteiger partial charge in [0.05, 0.1) is 17.2 Å². The largest absolute Gasteiger partial charge is 0.385 e. The van der Waals surface area contributed by atoms with E-state index < -0.39 is 5.60 Å². The highest BCUT2D eigenvalue weighted by atomic mass is 16.3. The zero-order chi connectivity index (χ0) is 12.2. The molecule has 2 heteroatoms. The third-order valence-corrected chi connectivity index (χ3v) is 2.84. The van der Waals surface area contributed by atoms with Crippen LogP contribution in [0.2, 0.25) is 0 Å². The molecule has 86 valence electrons. The minimum Gasteiger partial charge on any atom is -0.385 e. The highest BCUT2D eigenvalue weighted by Crippen LogP contribution is 2.27. The zero-order valence-electron chi connectivity index (χ0n) is 10.2. The summed E-state index contributed by atoms with van der Waals surface area (Å²) in [4.78, 5) is 0. The molecule has 0 saturated heterocycles. The van der Waals surface area contributed by atoms with Crippen LogP contribution in [0.15, 0.2) is 24.3 Å². The van der Waals surface area contributed by atoms with Gasteiger partial charge in [-0.05, 0) is 43.4 Å². The molecule has 16 heavy (non-hydrogen) atoms. The van der Waals surface area contributed by atoms with Crippen LogP contribution >= 0.6 is 0 Å². The standard InChI is InChI=1S/C14H19NO/c1-11(2)8-9-14(3,16)13-6-4-12(10-15)5-7-13/h4-7,11,16H,8-9H2,1-3H3. The molecule has 1 rings (SSSR count). The molecular formula is C14H19NO. The van der Waals surface area contributed by atoms with E-state index >= 15 is 0 Å². The second-order valence-electron chi connectivity index (χ2n) is 4.90. The first kappa shape index (κ1) is 12.7. The topological polar surface area (TPSA) is 44.0 Å². The summed E-state index contributed by atoms with van der Waals surface area (Å²) in [5.41, 5.74) is 0.716. The molecule has 1 atom stereocenters. The number of nitriles is 1. The normalized spacial score (nSPS) is 14.5. The van der Waals surface area contributed by atoms with Gasteiger partial charge in [-0.3, -0.25) is 0 Å². The Hall–Kier alpha value is -1.33. The summed E-state index contributed by atoms with van der Waals surface area (Å²) in [5.74, 6) is 0.588. The Kier molecular flexibility index (Phi) is 4.09. The molecule has 0 spiro atoms. The van der Waals surface area contributed by atoms with Gasteiger partial charge in [0.2, 0.25) is 0 Å². The Morgan fingerprint density at radius 2 is 1.88 bits per heavy atom. The van der Waals surface area contributed by atoms with Crippen molar-refractivity contribution in [2.24, 2.45) is 5.92 Å². The van der Waals surface area contributed by atoms with Gasteiger partial charge in [0.1, 0.15) is 0 Å². The molecule has 1 aromatic rings. The van der Waals surface area contributed by atoms with Crippen LogP contribution in [-0.2, 0) is 5.60 Å².